The maximum absolute atomic E-state index is 12.9. The summed E-state index contributed by atoms with van der Waals surface area (Å²) in [5.74, 6) is 0.384. The van der Waals surface area contributed by atoms with E-state index in [0.717, 1.165) is 11.3 Å². The highest BCUT2D eigenvalue weighted by Crippen LogP contribution is 2.16. The molecule has 1 heterocycles. The van der Waals surface area contributed by atoms with Crippen LogP contribution in [0.4, 0.5) is 11.5 Å². The van der Waals surface area contributed by atoms with Gasteiger partial charge in [-0.15, -0.1) is 0 Å². The van der Waals surface area contributed by atoms with Gasteiger partial charge >= 0.3 is 0 Å². The number of nitrogens with zero attached hydrogens (tertiary/aromatic N) is 3. The fourth-order valence-electron chi connectivity index (χ4n) is 2.86. The first-order chi connectivity index (χ1) is 13.9. The maximum Gasteiger partial charge on any atom is 0.274 e. The Morgan fingerprint density at radius 3 is 2.21 bits per heavy atom. The predicted octanol–water partition coefficient (Wildman–Crippen LogP) is 4.47. The molecule has 3 rings (SSSR count). The molecule has 0 aliphatic heterocycles. The van der Waals surface area contributed by atoms with E-state index in [1.807, 2.05) is 44.2 Å². The zero-order valence-electron chi connectivity index (χ0n) is 16.8. The number of rotatable bonds is 7. The number of carbonyl (C=O) groups is 2. The van der Waals surface area contributed by atoms with Crippen LogP contribution in [0.15, 0.2) is 67.0 Å². The zero-order valence-corrected chi connectivity index (χ0v) is 16.8. The van der Waals surface area contributed by atoms with Crippen LogP contribution in [0.1, 0.15) is 47.2 Å². The van der Waals surface area contributed by atoms with Crippen LogP contribution < -0.4 is 5.32 Å². The lowest BCUT2D eigenvalue weighted by Gasteiger charge is -2.26. The number of aromatic nitrogens is 2. The molecule has 6 nitrogen and oxygen atoms in total. The van der Waals surface area contributed by atoms with Crippen molar-refractivity contribution in [1.29, 1.82) is 0 Å². The fraction of sp³-hybridized carbons (Fsp3) is 0.217. The molecular weight excluding hydrogens is 364 g/mol. The van der Waals surface area contributed by atoms with Gasteiger partial charge in [0.1, 0.15) is 11.5 Å². The Labute approximate surface area is 170 Å². The summed E-state index contributed by atoms with van der Waals surface area (Å²) in [5, 5.41) is 3.12. The molecule has 1 N–H and O–H groups in total. The summed E-state index contributed by atoms with van der Waals surface area (Å²) in [6.45, 7) is 6.01. The highest BCUT2D eigenvalue weighted by atomic mass is 16.2. The average Bonchev–Trinajstić information content (AvgIpc) is 2.73. The Morgan fingerprint density at radius 2 is 1.66 bits per heavy atom. The summed E-state index contributed by atoms with van der Waals surface area (Å²) in [5.41, 5.74) is 2.80. The molecule has 0 aliphatic rings. The van der Waals surface area contributed by atoms with Crippen LogP contribution in [-0.2, 0) is 6.54 Å². The molecule has 0 atom stereocenters. The molecule has 1 aromatic heterocycles. The van der Waals surface area contributed by atoms with Gasteiger partial charge in [-0.1, -0.05) is 30.3 Å². The van der Waals surface area contributed by atoms with Crippen molar-refractivity contribution in [3.05, 3.63) is 83.8 Å². The van der Waals surface area contributed by atoms with Crippen LogP contribution in [0.25, 0.3) is 0 Å². The quantitative estimate of drug-likeness (QED) is 0.604. The average molecular weight is 388 g/mol. The smallest absolute Gasteiger partial charge is 0.274 e. The summed E-state index contributed by atoms with van der Waals surface area (Å²) in [6, 6.07) is 17.0. The van der Waals surface area contributed by atoms with Crippen LogP contribution in [0.2, 0.25) is 0 Å². The number of Topliss-reactive ketones (excluding diaryl/α,β-unsaturated/α-hetero) is 1. The third kappa shape index (κ3) is 5.25. The number of hydrogen-bond donors (Lipinski definition) is 1. The van der Waals surface area contributed by atoms with E-state index in [2.05, 4.69) is 15.3 Å². The van der Waals surface area contributed by atoms with Crippen molar-refractivity contribution in [2.45, 2.75) is 33.4 Å². The second kappa shape index (κ2) is 9.10. The van der Waals surface area contributed by atoms with Crippen LogP contribution in [0, 0.1) is 0 Å². The first-order valence-corrected chi connectivity index (χ1v) is 9.49. The van der Waals surface area contributed by atoms with E-state index in [1.165, 1.54) is 19.3 Å². The molecular formula is C23H24N4O2. The maximum atomic E-state index is 12.9. The van der Waals surface area contributed by atoms with Gasteiger partial charge in [-0.05, 0) is 50.6 Å². The molecule has 0 saturated heterocycles. The first-order valence-electron chi connectivity index (χ1n) is 9.49. The normalized spacial score (nSPS) is 10.6. The molecule has 2 aromatic carbocycles. The Balaban J connectivity index is 1.70. The van der Waals surface area contributed by atoms with Crippen LogP contribution >= 0.6 is 0 Å². The summed E-state index contributed by atoms with van der Waals surface area (Å²) in [6.07, 6.45) is 3.02. The number of hydrogen-bond acceptors (Lipinski definition) is 5. The van der Waals surface area contributed by atoms with Crippen LogP contribution in [-0.4, -0.2) is 32.6 Å². The molecule has 0 fully saturated rings. The number of nitrogens with one attached hydrogen (secondary N) is 1. The monoisotopic (exact) mass is 388 g/mol. The van der Waals surface area contributed by atoms with E-state index in [1.54, 1.807) is 29.2 Å². The third-order valence-electron chi connectivity index (χ3n) is 4.51. The molecule has 0 radical (unpaired) electrons. The molecule has 3 aromatic rings. The molecule has 0 saturated carbocycles. The van der Waals surface area contributed by atoms with Gasteiger partial charge in [0, 0.05) is 23.8 Å². The topological polar surface area (TPSA) is 75.2 Å². The summed E-state index contributed by atoms with van der Waals surface area (Å²) < 4.78 is 0. The zero-order chi connectivity index (χ0) is 20.8. The summed E-state index contributed by atoms with van der Waals surface area (Å²) in [4.78, 5) is 34.7. The minimum atomic E-state index is -0.159. The van der Waals surface area contributed by atoms with E-state index < -0.39 is 0 Å². The minimum absolute atomic E-state index is 0.0180. The second-order valence-corrected chi connectivity index (χ2v) is 7.06. The molecule has 148 valence electrons. The Hall–Kier alpha value is -3.54. The van der Waals surface area contributed by atoms with Crippen LogP contribution in [0.5, 0.6) is 0 Å². The van der Waals surface area contributed by atoms with Crippen molar-refractivity contribution < 1.29 is 9.59 Å². The third-order valence-corrected chi connectivity index (χ3v) is 4.51. The van der Waals surface area contributed by atoms with E-state index in [9.17, 15) is 9.59 Å². The van der Waals surface area contributed by atoms with Crippen molar-refractivity contribution in [2.75, 3.05) is 5.32 Å². The molecule has 29 heavy (non-hydrogen) atoms. The molecule has 6 heteroatoms. The van der Waals surface area contributed by atoms with E-state index >= 15 is 0 Å². The Morgan fingerprint density at radius 1 is 0.966 bits per heavy atom. The summed E-state index contributed by atoms with van der Waals surface area (Å²) in [7, 11) is 0. The van der Waals surface area contributed by atoms with Crippen molar-refractivity contribution in [3.8, 4) is 0 Å². The van der Waals surface area contributed by atoms with Gasteiger partial charge in [0.15, 0.2) is 5.78 Å². The molecule has 0 spiro atoms. The highest BCUT2D eigenvalue weighted by molar-refractivity contribution is 5.94. The van der Waals surface area contributed by atoms with Crippen molar-refractivity contribution in [2.24, 2.45) is 0 Å². The SMILES string of the molecule is CC(=O)c1ccc(Nc2cnc(C(=O)N(Cc3ccccc3)C(C)C)cn2)cc1. The predicted molar refractivity (Wildman–Crippen MR) is 113 cm³/mol. The van der Waals surface area contributed by atoms with Gasteiger partial charge in [0.2, 0.25) is 0 Å². The molecule has 0 unspecified atom stereocenters. The molecule has 0 bridgehead atoms. The largest absolute Gasteiger partial charge is 0.339 e. The van der Waals surface area contributed by atoms with Gasteiger partial charge in [0.25, 0.3) is 5.91 Å². The number of carbonyl (C=O) groups excluding carboxylic acids is 2. The number of anilines is 2. The van der Waals surface area contributed by atoms with Gasteiger partial charge in [-0.3, -0.25) is 9.59 Å². The number of ketones is 1. The van der Waals surface area contributed by atoms with E-state index in [4.69, 9.17) is 0 Å². The van der Waals surface area contributed by atoms with Gasteiger partial charge < -0.3 is 10.2 Å². The van der Waals surface area contributed by atoms with E-state index in [0.29, 0.717) is 23.6 Å². The van der Waals surface area contributed by atoms with Gasteiger partial charge in [0.05, 0.1) is 12.4 Å². The van der Waals surface area contributed by atoms with Crippen molar-refractivity contribution in [1.82, 2.24) is 14.9 Å². The highest BCUT2D eigenvalue weighted by Gasteiger charge is 2.20. The fourth-order valence-corrected chi connectivity index (χ4v) is 2.86. The summed E-state index contributed by atoms with van der Waals surface area (Å²) >= 11 is 0. The lowest BCUT2D eigenvalue weighted by atomic mass is 10.1. The molecule has 1 amide bonds. The van der Waals surface area contributed by atoms with Crippen molar-refractivity contribution in [3.63, 3.8) is 0 Å². The second-order valence-electron chi connectivity index (χ2n) is 7.06. The Kier molecular flexibility index (Phi) is 6.34. The standard InChI is InChI=1S/C23H24N4O2/c1-16(2)27(15-18-7-5-4-6-8-18)23(29)21-13-25-22(14-24-21)26-20-11-9-19(10-12-20)17(3)28/h4-14,16H,15H2,1-3H3,(H,25,26). The van der Waals surface area contributed by atoms with Gasteiger partial charge in [-0.25, -0.2) is 9.97 Å². The number of amides is 1. The van der Waals surface area contributed by atoms with Crippen molar-refractivity contribution >= 4 is 23.2 Å². The minimum Gasteiger partial charge on any atom is -0.339 e. The molecule has 0 aliphatic carbocycles. The van der Waals surface area contributed by atoms with E-state index in [-0.39, 0.29) is 17.7 Å². The number of benzene rings is 2. The lowest BCUT2D eigenvalue weighted by Crippen LogP contribution is -2.36. The lowest BCUT2D eigenvalue weighted by molar-refractivity contribution is 0.0683. The first kappa shape index (κ1) is 20.2. The Bertz CT molecular complexity index is 968. The van der Waals surface area contributed by atoms with Crippen LogP contribution in [0.3, 0.4) is 0 Å². The van der Waals surface area contributed by atoms with Gasteiger partial charge in [-0.2, -0.15) is 0 Å².